The largest absolute Gasteiger partial charge is 0.498 e. The van der Waals surface area contributed by atoms with Crippen LogP contribution >= 0.6 is 0 Å². The van der Waals surface area contributed by atoms with Crippen molar-refractivity contribution in [1.82, 2.24) is 0 Å². The van der Waals surface area contributed by atoms with E-state index in [1.54, 1.807) is 7.11 Å². The maximum atomic E-state index is 6.14. The Morgan fingerprint density at radius 3 is 2.36 bits per heavy atom. The Labute approximate surface area is 132 Å². The SMILES string of the molecule is COc1cc2c(cc1B1OC(C)(C)C(C)(C)O1)OCCN2C. The van der Waals surface area contributed by atoms with Crippen LogP contribution in [0.2, 0.25) is 0 Å². The molecule has 0 atom stereocenters. The molecule has 0 saturated carbocycles. The number of benzene rings is 1. The molecule has 0 bridgehead atoms. The Morgan fingerprint density at radius 2 is 1.77 bits per heavy atom. The van der Waals surface area contributed by atoms with Crippen LogP contribution in [0.15, 0.2) is 12.1 Å². The summed E-state index contributed by atoms with van der Waals surface area (Å²) in [5.74, 6) is 1.61. The molecule has 0 aromatic heterocycles. The average Bonchev–Trinajstić information content (AvgIpc) is 2.66. The minimum absolute atomic E-state index is 0.379. The van der Waals surface area contributed by atoms with Gasteiger partial charge < -0.3 is 23.7 Å². The summed E-state index contributed by atoms with van der Waals surface area (Å²) < 4.78 is 23.6. The summed E-state index contributed by atoms with van der Waals surface area (Å²) in [7, 11) is 3.26. The zero-order valence-electron chi connectivity index (χ0n) is 14.2. The van der Waals surface area contributed by atoms with Crippen molar-refractivity contribution in [2.24, 2.45) is 0 Å². The van der Waals surface area contributed by atoms with Gasteiger partial charge >= 0.3 is 7.12 Å². The third-order valence-electron chi connectivity index (χ3n) is 4.91. The van der Waals surface area contributed by atoms with Gasteiger partial charge in [0.15, 0.2) is 0 Å². The number of likely N-dealkylation sites (N-methyl/N-ethyl adjacent to an activating group) is 1. The second-order valence-electron chi connectivity index (χ2n) is 6.92. The summed E-state index contributed by atoms with van der Waals surface area (Å²) in [6.45, 7) is 9.72. The lowest BCUT2D eigenvalue weighted by Gasteiger charge is -2.32. The molecule has 1 aromatic rings. The van der Waals surface area contributed by atoms with Crippen LogP contribution in [0.4, 0.5) is 5.69 Å². The maximum absolute atomic E-state index is 6.14. The number of hydrogen-bond donors (Lipinski definition) is 0. The number of rotatable bonds is 2. The number of ether oxygens (including phenoxy) is 2. The van der Waals surface area contributed by atoms with E-state index in [0.717, 1.165) is 29.2 Å². The van der Waals surface area contributed by atoms with Gasteiger partial charge in [0.1, 0.15) is 18.1 Å². The fraction of sp³-hybridized carbons (Fsp3) is 0.625. The van der Waals surface area contributed by atoms with Crippen molar-refractivity contribution in [3.8, 4) is 11.5 Å². The number of hydrogen-bond acceptors (Lipinski definition) is 5. The molecule has 0 radical (unpaired) electrons. The highest BCUT2D eigenvalue weighted by Crippen LogP contribution is 2.39. The van der Waals surface area contributed by atoms with Crippen molar-refractivity contribution in [3.05, 3.63) is 12.1 Å². The first-order valence-corrected chi connectivity index (χ1v) is 7.67. The summed E-state index contributed by atoms with van der Waals surface area (Å²) in [6.07, 6.45) is 0. The summed E-state index contributed by atoms with van der Waals surface area (Å²) in [4.78, 5) is 2.16. The van der Waals surface area contributed by atoms with Crippen LogP contribution in [0.1, 0.15) is 27.7 Å². The molecule has 120 valence electrons. The molecule has 22 heavy (non-hydrogen) atoms. The summed E-state index contributed by atoms with van der Waals surface area (Å²) >= 11 is 0. The van der Waals surface area contributed by atoms with Gasteiger partial charge in [-0.1, -0.05) is 0 Å². The Balaban J connectivity index is 2.01. The fourth-order valence-corrected chi connectivity index (χ4v) is 2.72. The zero-order valence-corrected chi connectivity index (χ0v) is 14.2. The average molecular weight is 305 g/mol. The predicted molar refractivity (Wildman–Crippen MR) is 87.5 cm³/mol. The Bertz CT molecular complexity index is 572. The highest BCUT2D eigenvalue weighted by molar-refractivity contribution is 6.63. The van der Waals surface area contributed by atoms with Crippen molar-refractivity contribution in [2.45, 2.75) is 38.9 Å². The number of anilines is 1. The predicted octanol–water partition coefficient (Wildman–Crippen LogP) is 1.82. The first-order valence-electron chi connectivity index (χ1n) is 7.67. The van der Waals surface area contributed by atoms with Gasteiger partial charge in [-0.15, -0.1) is 0 Å². The van der Waals surface area contributed by atoms with Gasteiger partial charge in [0, 0.05) is 18.6 Å². The molecule has 2 aliphatic heterocycles. The van der Waals surface area contributed by atoms with E-state index in [2.05, 4.69) is 11.9 Å². The minimum atomic E-state index is -0.457. The summed E-state index contributed by atoms with van der Waals surface area (Å²) in [5.41, 5.74) is 1.14. The Morgan fingerprint density at radius 1 is 1.14 bits per heavy atom. The van der Waals surface area contributed by atoms with Crippen molar-refractivity contribution in [3.63, 3.8) is 0 Å². The number of fused-ring (bicyclic) bond motifs is 1. The van der Waals surface area contributed by atoms with Crippen molar-refractivity contribution in [1.29, 1.82) is 0 Å². The molecule has 0 spiro atoms. The molecule has 3 rings (SSSR count). The first-order chi connectivity index (χ1) is 10.2. The molecule has 6 heteroatoms. The van der Waals surface area contributed by atoms with Crippen LogP contribution in [0, 0.1) is 0 Å². The van der Waals surface area contributed by atoms with E-state index in [1.165, 1.54) is 0 Å². The quantitative estimate of drug-likeness (QED) is 0.780. The lowest BCUT2D eigenvalue weighted by Crippen LogP contribution is -2.41. The van der Waals surface area contributed by atoms with E-state index in [-0.39, 0.29) is 11.2 Å². The Kier molecular flexibility index (Phi) is 3.57. The number of methoxy groups -OCH3 is 1. The molecule has 0 aliphatic carbocycles. The minimum Gasteiger partial charge on any atom is -0.497 e. The third kappa shape index (κ3) is 2.34. The molecular weight excluding hydrogens is 281 g/mol. The van der Waals surface area contributed by atoms with E-state index in [1.807, 2.05) is 39.8 Å². The molecule has 2 heterocycles. The summed E-state index contributed by atoms with van der Waals surface area (Å²) in [5, 5.41) is 0. The van der Waals surface area contributed by atoms with Gasteiger partial charge in [0.05, 0.1) is 30.5 Å². The fourth-order valence-electron chi connectivity index (χ4n) is 2.72. The van der Waals surface area contributed by atoms with Gasteiger partial charge in [-0.2, -0.15) is 0 Å². The lowest BCUT2D eigenvalue weighted by atomic mass is 9.78. The highest BCUT2D eigenvalue weighted by atomic mass is 16.7. The van der Waals surface area contributed by atoms with Crippen LogP contribution in [0.5, 0.6) is 11.5 Å². The van der Waals surface area contributed by atoms with E-state index < -0.39 is 7.12 Å². The van der Waals surface area contributed by atoms with Gasteiger partial charge in [-0.3, -0.25) is 0 Å². The second kappa shape index (κ2) is 5.06. The molecule has 1 aromatic carbocycles. The molecule has 1 fully saturated rings. The molecule has 5 nitrogen and oxygen atoms in total. The van der Waals surface area contributed by atoms with Crippen LogP contribution in [0.25, 0.3) is 0 Å². The molecule has 1 saturated heterocycles. The van der Waals surface area contributed by atoms with Gasteiger partial charge in [0.25, 0.3) is 0 Å². The smallest absolute Gasteiger partial charge is 0.497 e. The van der Waals surface area contributed by atoms with Crippen molar-refractivity contribution >= 4 is 18.3 Å². The van der Waals surface area contributed by atoms with Gasteiger partial charge in [0.2, 0.25) is 0 Å². The monoisotopic (exact) mass is 305 g/mol. The lowest BCUT2D eigenvalue weighted by molar-refractivity contribution is 0.00578. The van der Waals surface area contributed by atoms with Crippen LogP contribution < -0.4 is 19.8 Å². The normalized spacial score (nSPS) is 22.3. The molecule has 0 unspecified atom stereocenters. The summed E-state index contributed by atoms with van der Waals surface area (Å²) in [6, 6.07) is 3.97. The van der Waals surface area contributed by atoms with Crippen LogP contribution in [-0.4, -0.2) is 45.6 Å². The van der Waals surface area contributed by atoms with E-state index in [4.69, 9.17) is 18.8 Å². The van der Waals surface area contributed by atoms with E-state index in [9.17, 15) is 0 Å². The first kappa shape index (κ1) is 15.5. The molecular formula is C16H24BNO4. The molecule has 0 N–H and O–H groups in total. The van der Waals surface area contributed by atoms with Crippen molar-refractivity contribution < 1.29 is 18.8 Å². The number of nitrogens with zero attached hydrogens (tertiary/aromatic N) is 1. The van der Waals surface area contributed by atoms with Crippen LogP contribution in [-0.2, 0) is 9.31 Å². The molecule has 2 aliphatic rings. The van der Waals surface area contributed by atoms with Gasteiger partial charge in [-0.05, 0) is 33.8 Å². The van der Waals surface area contributed by atoms with Crippen molar-refractivity contribution in [2.75, 3.05) is 32.2 Å². The van der Waals surface area contributed by atoms with E-state index >= 15 is 0 Å². The topological polar surface area (TPSA) is 40.2 Å². The van der Waals surface area contributed by atoms with Crippen LogP contribution in [0.3, 0.4) is 0 Å². The zero-order chi connectivity index (χ0) is 16.1. The molecule has 0 amide bonds. The maximum Gasteiger partial charge on any atom is 0.498 e. The van der Waals surface area contributed by atoms with E-state index in [0.29, 0.717) is 6.61 Å². The Hall–Kier alpha value is -1.40. The third-order valence-corrected chi connectivity index (χ3v) is 4.91. The van der Waals surface area contributed by atoms with Gasteiger partial charge in [-0.25, -0.2) is 0 Å². The standard InChI is InChI=1S/C16H24BNO4/c1-15(2)16(3,4)22-17(21-15)11-9-14-12(10-13(11)19-6)18(5)7-8-20-14/h9-10H,7-8H2,1-6H3. The second-order valence-corrected chi connectivity index (χ2v) is 6.92. The highest BCUT2D eigenvalue weighted by Gasteiger charge is 2.52.